The van der Waals surface area contributed by atoms with Crippen molar-refractivity contribution < 1.29 is 51.8 Å². The fraction of sp³-hybridized carbons (Fsp3) is 0.174. The van der Waals surface area contributed by atoms with Gasteiger partial charge in [-0.25, -0.2) is 0 Å². The molecule has 0 saturated carbocycles. The first-order chi connectivity index (χ1) is 17.9. The highest BCUT2D eigenvalue weighted by molar-refractivity contribution is 7.89. The van der Waals surface area contributed by atoms with E-state index in [1.165, 1.54) is 60.7 Å². The van der Waals surface area contributed by atoms with E-state index >= 15 is 0 Å². The molecule has 1 N–H and O–H groups in total. The number of alkyl halides is 7. The van der Waals surface area contributed by atoms with Crippen molar-refractivity contribution in [2.75, 3.05) is 0 Å². The van der Waals surface area contributed by atoms with E-state index in [1.807, 2.05) is 4.83 Å². The summed E-state index contributed by atoms with van der Waals surface area (Å²) in [5.74, 6) is -8.14. The van der Waals surface area contributed by atoms with Gasteiger partial charge in [0.1, 0.15) is 5.71 Å². The molecule has 0 aliphatic carbocycles. The molecule has 0 amide bonds. The summed E-state index contributed by atoms with van der Waals surface area (Å²) < 4.78 is 146. The lowest BCUT2D eigenvalue weighted by Crippen LogP contribution is -2.57. The Bertz CT molecular complexity index is 1580. The summed E-state index contributed by atoms with van der Waals surface area (Å²) in [6.45, 7) is 1.70. The first-order valence-electron chi connectivity index (χ1n) is 10.5. The van der Waals surface area contributed by atoms with Gasteiger partial charge in [-0.3, -0.25) is 0 Å². The Balaban J connectivity index is 2.11. The molecule has 0 bridgehead atoms. The normalized spacial score (nSPS) is 13.7. The Morgan fingerprint density at radius 1 is 0.769 bits per heavy atom. The van der Waals surface area contributed by atoms with Gasteiger partial charge in [0.15, 0.2) is 5.75 Å². The molecule has 0 aliphatic rings. The third-order valence-electron chi connectivity index (χ3n) is 5.03. The fourth-order valence-electron chi connectivity index (χ4n) is 2.98. The van der Waals surface area contributed by atoms with Crippen LogP contribution in [0.5, 0.6) is 5.75 Å². The average molecular weight is 599 g/mol. The van der Waals surface area contributed by atoms with Gasteiger partial charge in [0, 0.05) is 11.1 Å². The van der Waals surface area contributed by atoms with E-state index in [0.717, 1.165) is 17.7 Å². The third-order valence-corrected chi connectivity index (χ3v) is 7.54. The topological polar surface area (TPSA) is 102 Å². The predicted octanol–water partition coefficient (Wildman–Crippen LogP) is 5.22. The predicted molar refractivity (Wildman–Crippen MR) is 126 cm³/mol. The molecule has 7 nitrogen and oxygen atoms in total. The fourth-order valence-corrected chi connectivity index (χ4v) is 4.71. The first-order valence-corrected chi connectivity index (χ1v) is 13.4. The van der Waals surface area contributed by atoms with Crippen LogP contribution < -0.4 is 9.01 Å². The molecule has 0 atom stereocenters. The summed E-state index contributed by atoms with van der Waals surface area (Å²) in [6.07, 6.45) is -6.93. The smallest absolute Gasteiger partial charge is 0.377 e. The summed E-state index contributed by atoms with van der Waals surface area (Å²) in [5.41, 5.74) is -0.180. The number of benzene rings is 3. The van der Waals surface area contributed by atoms with E-state index < -0.39 is 54.5 Å². The molecule has 3 aromatic rings. The quantitative estimate of drug-likeness (QED) is 0.158. The summed E-state index contributed by atoms with van der Waals surface area (Å²) in [5, 5.41) is -2.97. The van der Waals surface area contributed by atoms with Crippen LogP contribution in [0.2, 0.25) is 0 Å². The number of nitrogens with zero attached hydrogens (tertiary/aromatic N) is 1. The average Bonchev–Trinajstić information content (AvgIpc) is 2.85. The zero-order valence-electron chi connectivity index (χ0n) is 19.5. The molecule has 16 heteroatoms. The lowest BCUT2D eigenvalue weighted by Gasteiger charge is -2.27. The molecule has 0 unspecified atom stereocenters. The van der Waals surface area contributed by atoms with Crippen LogP contribution in [-0.2, 0) is 20.1 Å². The van der Waals surface area contributed by atoms with E-state index in [1.54, 1.807) is 6.92 Å². The Labute approximate surface area is 218 Å². The molecule has 0 fully saturated rings. The summed E-state index contributed by atoms with van der Waals surface area (Å²) in [7, 11) is -11.3. The Hall–Kier alpha value is -3.66. The van der Waals surface area contributed by atoms with Crippen LogP contribution in [0, 0.1) is 6.92 Å². The maximum Gasteiger partial charge on any atom is 0.461 e. The van der Waals surface area contributed by atoms with E-state index in [0.29, 0.717) is 6.07 Å². The van der Waals surface area contributed by atoms with Gasteiger partial charge in [-0.15, -0.1) is 0 Å². The van der Waals surface area contributed by atoms with Crippen molar-refractivity contribution in [3.63, 3.8) is 0 Å². The van der Waals surface area contributed by atoms with Crippen LogP contribution in [0.4, 0.5) is 30.7 Å². The maximum absolute atomic E-state index is 14.0. The minimum absolute atomic E-state index is 0.0601. The maximum atomic E-state index is 14.0. The second-order valence-electron chi connectivity index (χ2n) is 7.86. The van der Waals surface area contributed by atoms with Crippen LogP contribution in [0.15, 0.2) is 88.9 Å². The second kappa shape index (κ2) is 10.5. The molecule has 3 aromatic carbocycles. The van der Waals surface area contributed by atoms with Gasteiger partial charge in [-0.1, -0.05) is 60.2 Å². The molecule has 3 rings (SSSR count). The zero-order chi connectivity index (χ0) is 29.3. The number of para-hydroxylation sites is 1. The van der Waals surface area contributed by atoms with Gasteiger partial charge < -0.3 is 4.18 Å². The minimum Gasteiger partial charge on any atom is -0.377 e. The van der Waals surface area contributed by atoms with Gasteiger partial charge >= 0.3 is 27.5 Å². The molecule has 210 valence electrons. The van der Waals surface area contributed by atoms with Crippen molar-refractivity contribution in [1.82, 2.24) is 4.83 Å². The van der Waals surface area contributed by atoms with E-state index in [2.05, 4.69) is 9.28 Å². The third kappa shape index (κ3) is 6.00. The Morgan fingerprint density at radius 3 is 1.87 bits per heavy atom. The number of hydrazone groups is 1. The standard InChI is InChI=1S/C23H17F7N2O5S2/c1-15-11-13-17(14-12-15)38(33,34)32-31-20(16-7-3-2-4-8-16)18-9-5-6-10-19(18)37-39(35,36)23(29,30)21(24,25)22(26,27)28/h2-14,32H,1H3/b31-20+. The molecule has 0 heterocycles. The van der Waals surface area contributed by atoms with Crippen molar-refractivity contribution in [2.24, 2.45) is 5.10 Å². The Morgan fingerprint density at radius 2 is 1.31 bits per heavy atom. The van der Waals surface area contributed by atoms with E-state index in [4.69, 9.17) is 0 Å². The van der Waals surface area contributed by atoms with Crippen LogP contribution in [0.25, 0.3) is 0 Å². The molecule has 0 saturated heterocycles. The van der Waals surface area contributed by atoms with Crippen molar-refractivity contribution in [3.8, 4) is 5.75 Å². The van der Waals surface area contributed by atoms with Gasteiger partial charge in [0.25, 0.3) is 10.0 Å². The summed E-state index contributed by atoms with van der Waals surface area (Å²) in [4.78, 5) is 1.66. The van der Waals surface area contributed by atoms with Gasteiger partial charge in [-0.2, -0.15) is 57.5 Å². The van der Waals surface area contributed by atoms with E-state index in [9.17, 15) is 47.6 Å². The highest BCUT2D eigenvalue weighted by Crippen LogP contribution is 2.49. The number of halogens is 7. The molecule has 0 aromatic heterocycles. The number of nitrogens with one attached hydrogen (secondary N) is 1. The van der Waals surface area contributed by atoms with Crippen LogP contribution in [-0.4, -0.2) is 39.9 Å². The SMILES string of the molecule is Cc1ccc(S(=O)(=O)N/N=C(\c2ccccc2)c2ccccc2OS(=O)(=O)C(F)(F)C(F)(F)C(F)(F)F)cc1. The molecular weight excluding hydrogens is 581 g/mol. The highest BCUT2D eigenvalue weighted by atomic mass is 32.2. The highest BCUT2D eigenvalue weighted by Gasteiger charge is 2.80. The van der Waals surface area contributed by atoms with Gasteiger partial charge in [0.2, 0.25) is 0 Å². The molecular formula is C23H17F7N2O5S2. The van der Waals surface area contributed by atoms with Crippen LogP contribution >= 0.6 is 0 Å². The van der Waals surface area contributed by atoms with Crippen molar-refractivity contribution in [1.29, 1.82) is 0 Å². The summed E-state index contributed by atoms with van der Waals surface area (Å²) >= 11 is 0. The van der Waals surface area contributed by atoms with Gasteiger partial charge in [-0.05, 0) is 31.2 Å². The monoisotopic (exact) mass is 598 g/mol. The lowest BCUT2D eigenvalue weighted by molar-refractivity contribution is -0.333. The Kier molecular flexibility index (Phi) is 8.03. The first kappa shape index (κ1) is 29.9. The van der Waals surface area contributed by atoms with Crippen molar-refractivity contribution in [3.05, 3.63) is 95.6 Å². The van der Waals surface area contributed by atoms with Crippen LogP contribution in [0.1, 0.15) is 16.7 Å². The number of hydrogen-bond donors (Lipinski definition) is 1. The largest absolute Gasteiger partial charge is 0.461 e. The minimum atomic E-state index is -7.01. The molecule has 0 radical (unpaired) electrons. The van der Waals surface area contributed by atoms with Gasteiger partial charge in [0.05, 0.1) is 4.90 Å². The zero-order valence-corrected chi connectivity index (χ0v) is 21.1. The van der Waals surface area contributed by atoms with E-state index in [-0.39, 0.29) is 10.5 Å². The lowest BCUT2D eigenvalue weighted by atomic mass is 10.0. The molecule has 39 heavy (non-hydrogen) atoms. The molecule has 0 aliphatic heterocycles. The summed E-state index contributed by atoms with van der Waals surface area (Å²) in [6, 6.07) is 16.5. The molecule has 0 spiro atoms. The second-order valence-corrected chi connectivity index (χ2v) is 11.1. The van der Waals surface area contributed by atoms with Crippen molar-refractivity contribution >= 4 is 25.9 Å². The number of hydrogen-bond acceptors (Lipinski definition) is 6. The number of sulfonamides is 1. The van der Waals surface area contributed by atoms with Crippen molar-refractivity contribution in [2.45, 2.75) is 29.2 Å². The number of rotatable bonds is 9. The van der Waals surface area contributed by atoms with Crippen LogP contribution in [0.3, 0.4) is 0 Å². The number of aryl methyl sites for hydroxylation is 1.